The minimum absolute atomic E-state index is 0.734. The molecule has 2 heterocycles. The van der Waals surface area contributed by atoms with Crippen LogP contribution in [-0.2, 0) is 0 Å². The zero-order chi connectivity index (χ0) is 9.43. The molecule has 1 heteroatoms. The molecule has 0 aromatic heterocycles. The van der Waals surface area contributed by atoms with Gasteiger partial charge in [-0.25, -0.2) is 0 Å². The Labute approximate surface area is 89.1 Å². The third-order valence-corrected chi connectivity index (χ3v) is 5.17. The normalized spacial score (nSPS) is 43.6. The molecule has 0 aromatic carbocycles. The Bertz CT molecular complexity index is 195. The lowest BCUT2D eigenvalue weighted by molar-refractivity contribution is 0.255. The van der Waals surface area contributed by atoms with Gasteiger partial charge in [0.15, 0.2) is 0 Å². The van der Waals surface area contributed by atoms with Gasteiger partial charge < -0.3 is 0 Å². The molecule has 3 fully saturated rings. The van der Waals surface area contributed by atoms with Gasteiger partial charge in [0, 0.05) is 0 Å². The van der Waals surface area contributed by atoms with E-state index in [1.165, 1.54) is 51.4 Å². The fraction of sp³-hybridized carbons (Fsp3) is 1.00. The first-order chi connectivity index (χ1) is 6.89. The van der Waals surface area contributed by atoms with Crippen LogP contribution in [0.25, 0.3) is 0 Å². The summed E-state index contributed by atoms with van der Waals surface area (Å²) in [6, 6.07) is 0. The van der Waals surface area contributed by atoms with Crippen molar-refractivity contribution in [3.8, 4) is 0 Å². The van der Waals surface area contributed by atoms with Crippen LogP contribution >= 0.6 is 0 Å². The van der Waals surface area contributed by atoms with Gasteiger partial charge in [-0.3, -0.25) is 0 Å². The van der Waals surface area contributed by atoms with Gasteiger partial charge in [0.1, 0.15) is 7.28 Å². The molecule has 0 unspecified atom stereocenters. The van der Waals surface area contributed by atoms with E-state index < -0.39 is 0 Å². The van der Waals surface area contributed by atoms with Crippen LogP contribution in [0.3, 0.4) is 0 Å². The number of rotatable bonds is 1. The Hall–Kier alpha value is 0.0649. The monoisotopic (exact) mass is 189 g/mol. The van der Waals surface area contributed by atoms with E-state index in [0.717, 1.165) is 17.0 Å². The molecule has 0 aromatic rings. The molecule has 2 bridgehead atoms. The number of hydrogen-bond donors (Lipinski definition) is 0. The number of fused-ring (bicyclic) bond motifs is 2. The lowest BCUT2D eigenvalue weighted by Gasteiger charge is -2.48. The maximum atomic E-state index is 2.82. The summed E-state index contributed by atoms with van der Waals surface area (Å²) in [5, 5.41) is 0.734. The molecule has 1 saturated carbocycles. The van der Waals surface area contributed by atoms with Crippen molar-refractivity contribution in [3.05, 3.63) is 0 Å². The van der Waals surface area contributed by atoms with Crippen LogP contribution in [0, 0.1) is 5.92 Å². The van der Waals surface area contributed by atoms with Crippen molar-refractivity contribution in [2.45, 2.75) is 75.3 Å². The molecule has 2 aliphatic heterocycles. The summed E-state index contributed by atoms with van der Waals surface area (Å²) in [5.74, 6) is 2.10. The van der Waals surface area contributed by atoms with Crippen molar-refractivity contribution in [2.75, 3.05) is 0 Å². The summed E-state index contributed by atoms with van der Waals surface area (Å²) in [7, 11) is 2.82. The molecule has 3 rings (SSSR count). The van der Waals surface area contributed by atoms with Gasteiger partial charge in [0.05, 0.1) is 0 Å². The van der Waals surface area contributed by atoms with E-state index in [1.54, 1.807) is 12.8 Å². The van der Waals surface area contributed by atoms with Crippen LogP contribution in [0.5, 0.6) is 0 Å². The highest BCUT2D eigenvalue weighted by molar-refractivity contribution is 6.42. The second-order valence-electron chi connectivity index (χ2n) is 5.93. The predicted octanol–water partition coefficient (Wildman–Crippen LogP) is 4.20. The number of hydrogen-bond acceptors (Lipinski definition) is 0. The first-order valence-electron chi connectivity index (χ1n) is 6.75. The Balaban J connectivity index is 1.78. The largest absolute Gasteiger partial charge is 0.122 e. The first kappa shape index (κ1) is 9.30. The van der Waals surface area contributed by atoms with E-state index in [0.29, 0.717) is 0 Å². The third-order valence-electron chi connectivity index (χ3n) is 5.17. The average molecular weight is 189 g/mol. The maximum Gasteiger partial charge on any atom is 0.122 e. The molecule has 2 saturated heterocycles. The second kappa shape index (κ2) is 3.57. The standard InChI is InChI=1S/C13H22B/c1-2-6-11(5-1)13-9-3-7-12(14-13)8-4-10-13/h11-12H,1-10H2. The van der Waals surface area contributed by atoms with Crippen molar-refractivity contribution >= 4 is 7.28 Å². The molecule has 0 atom stereocenters. The zero-order valence-corrected chi connectivity index (χ0v) is 9.30. The molecule has 0 nitrogen and oxygen atoms in total. The van der Waals surface area contributed by atoms with Gasteiger partial charge in [-0.15, -0.1) is 0 Å². The molecule has 0 spiro atoms. The lowest BCUT2D eigenvalue weighted by Crippen LogP contribution is -2.37. The van der Waals surface area contributed by atoms with E-state index in [-0.39, 0.29) is 0 Å². The molecular formula is C13H22B. The van der Waals surface area contributed by atoms with Gasteiger partial charge in [0.2, 0.25) is 0 Å². The quantitative estimate of drug-likeness (QED) is 0.542. The van der Waals surface area contributed by atoms with Crippen molar-refractivity contribution < 1.29 is 0 Å². The van der Waals surface area contributed by atoms with Crippen molar-refractivity contribution in [1.82, 2.24) is 0 Å². The van der Waals surface area contributed by atoms with Crippen LogP contribution < -0.4 is 0 Å². The van der Waals surface area contributed by atoms with Crippen molar-refractivity contribution in [1.29, 1.82) is 0 Å². The molecule has 0 N–H and O–H groups in total. The molecule has 14 heavy (non-hydrogen) atoms. The third kappa shape index (κ3) is 1.44. The van der Waals surface area contributed by atoms with Crippen LogP contribution in [0.4, 0.5) is 0 Å². The minimum Gasteiger partial charge on any atom is -0.0682 e. The van der Waals surface area contributed by atoms with Crippen molar-refractivity contribution in [3.63, 3.8) is 0 Å². The molecule has 77 valence electrons. The minimum atomic E-state index is 0.734. The summed E-state index contributed by atoms with van der Waals surface area (Å²) in [5.41, 5.74) is 0. The fourth-order valence-electron chi connectivity index (χ4n) is 4.50. The second-order valence-corrected chi connectivity index (χ2v) is 5.93. The van der Waals surface area contributed by atoms with Gasteiger partial charge in [-0.2, -0.15) is 0 Å². The Morgan fingerprint density at radius 1 is 0.786 bits per heavy atom. The summed E-state index contributed by atoms with van der Waals surface area (Å²) >= 11 is 0. The summed E-state index contributed by atoms with van der Waals surface area (Å²) in [6.45, 7) is 0. The molecule has 1 aliphatic carbocycles. The predicted molar refractivity (Wildman–Crippen MR) is 61.9 cm³/mol. The summed E-state index contributed by atoms with van der Waals surface area (Å²) in [6.07, 6.45) is 15.3. The Morgan fingerprint density at radius 2 is 1.43 bits per heavy atom. The van der Waals surface area contributed by atoms with Gasteiger partial charge in [-0.05, 0) is 5.92 Å². The van der Waals surface area contributed by atoms with Crippen LogP contribution in [0.1, 0.15) is 64.2 Å². The molecule has 0 amide bonds. The van der Waals surface area contributed by atoms with Gasteiger partial charge in [0.25, 0.3) is 0 Å². The highest BCUT2D eigenvalue weighted by atomic mass is 14.4. The van der Waals surface area contributed by atoms with E-state index in [9.17, 15) is 0 Å². The summed E-state index contributed by atoms with van der Waals surface area (Å²) in [4.78, 5) is 0. The average Bonchev–Trinajstić information content (AvgIpc) is 2.71. The lowest BCUT2D eigenvalue weighted by atomic mass is 9.33. The Kier molecular flexibility index (Phi) is 2.38. The van der Waals surface area contributed by atoms with E-state index >= 15 is 0 Å². The molecular weight excluding hydrogens is 167 g/mol. The SMILES string of the molecule is [B]1C2CCCC1(C1CCCC1)CCC2. The maximum absolute atomic E-state index is 2.82. The van der Waals surface area contributed by atoms with Gasteiger partial charge >= 0.3 is 0 Å². The smallest absolute Gasteiger partial charge is 0.0682 e. The summed E-state index contributed by atoms with van der Waals surface area (Å²) < 4.78 is 0. The van der Waals surface area contributed by atoms with Crippen LogP contribution in [0.2, 0.25) is 11.1 Å². The topological polar surface area (TPSA) is 0 Å². The zero-order valence-electron chi connectivity index (χ0n) is 9.30. The van der Waals surface area contributed by atoms with E-state index in [2.05, 4.69) is 7.28 Å². The first-order valence-corrected chi connectivity index (χ1v) is 6.75. The highest BCUT2D eigenvalue weighted by Crippen LogP contribution is 2.59. The van der Waals surface area contributed by atoms with E-state index in [1.807, 2.05) is 0 Å². The molecule has 3 aliphatic rings. The molecule has 1 radical (unpaired) electrons. The van der Waals surface area contributed by atoms with Gasteiger partial charge in [-0.1, -0.05) is 75.3 Å². The highest BCUT2D eigenvalue weighted by Gasteiger charge is 2.45. The van der Waals surface area contributed by atoms with E-state index in [4.69, 9.17) is 0 Å². The van der Waals surface area contributed by atoms with Crippen molar-refractivity contribution in [2.24, 2.45) is 5.92 Å². The fourth-order valence-corrected chi connectivity index (χ4v) is 4.50. The Morgan fingerprint density at radius 3 is 2.07 bits per heavy atom. The van der Waals surface area contributed by atoms with Crippen LogP contribution in [0.15, 0.2) is 0 Å². The van der Waals surface area contributed by atoms with Crippen LogP contribution in [-0.4, -0.2) is 7.28 Å².